The topological polar surface area (TPSA) is 76.1 Å². The number of anilines is 1. The van der Waals surface area contributed by atoms with E-state index in [1.807, 2.05) is 20.8 Å². The van der Waals surface area contributed by atoms with E-state index in [1.54, 1.807) is 12.1 Å². The monoisotopic (exact) mass is 430 g/mol. The third-order valence-corrected chi connectivity index (χ3v) is 5.92. The number of sulfonamides is 1. The molecule has 3 rings (SSSR count). The molecule has 0 bridgehead atoms. The van der Waals surface area contributed by atoms with Crippen molar-refractivity contribution < 1.29 is 22.0 Å². The molecule has 0 spiro atoms. The van der Waals surface area contributed by atoms with Gasteiger partial charge in [-0.2, -0.15) is 0 Å². The Kier molecular flexibility index (Phi) is 5.72. The highest BCUT2D eigenvalue weighted by Crippen LogP contribution is 2.28. The molecule has 0 saturated heterocycles. The van der Waals surface area contributed by atoms with Crippen LogP contribution in [0.1, 0.15) is 42.3 Å². The molecule has 8 heteroatoms. The SMILES string of the molecule is CC(C)(C)c1ccc(S(=O)(=O)Nc2ccc(F)c(F)c2C(=O)c2ccncc2)cc1. The maximum atomic E-state index is 14.5. The lowest BCUT2D eigenvalue weighted by molar-refractivity contribution is 0.103. The molecule has 3 aromatic rings. The van der Waals surface area contributed by atoms with Gasteiger partial charge in [0.25, 0.3) is 10.0 Å². The summed E-state index contributed by atoms with van der Waals surface area (Å²) in [6, 6.07) is 10.7. The number of rotatable bonds is 5. The maximum absolute atomic E-state index is 14.5. The lowest BCUT2D eigenvalue weighted by Crippen LogP contribution is -2.18. The number of carbonyl (C=O) groups is 1. The third kappa shape index (κ3) is 4.38. The largest absolute Gasteiger partial charge is 0.288 e. The molecule has 1 N–H and O–H groups in total. The van der Waals surface area contributed by atoms with Gasteiger partial charge >= 0.3 is 0 Å². The highest BCUT2D eigenvalue weighted by Gasteiger charge is 2.25. The van der Waals surface area contributed by atoms with Gasteiger partial charge in [-0.25, -0.2) is 17.2 Å². The number of hydrogen-bond acceptors (Lipinski definition) is 4. The average molecular weight is 430 g/mol. The Morgan fingerprint density at radius 2 is 1.53 bits per heavy atom. The van der Waals surface area contributed by atoms with E-state index in [0.29, 0.717) is 0 Å². The Balaban J connectivity index is 2.02. The molecule has 1 heterocycles. The second kappa shape index (κ2) is 7.95. The van der Waals surface area contributed by atoms with Gasteiger partial charge in [-0.15, -0.1) is 0 Å². The Labute approximate surface area is 173 Å². The van der Waals surface area contributed by atoms with E-state index in [0.717, 1.165) is 17.7 Å². The molecule has 0 radical (unpaired) electrons. The summed E-state index contributed by atoms with van der Waals surface area (Å²) < 4.78 is 56.2. The first kappa shape index (κ1) is 21.6. The molecular weight excluding hydrogens is 410 g/mol. The molecule has 30 heavy (non-hydrogen) atoms. The lowest BCUT2D eigenvalue weighted by Gasteiger charge is -2.19. The summed E-state index contributed by atoms with van der Waals surface area (Å²) in [6.07, 6.45) is 2.65. The molecule has 0 amide bonds. The van der Waals surface area contributed by atoms with Crippen LogP contribution in [0.4, 0.5) is 14.5 Å². The van der Waals surface area contributed by atoms with Crippen LogP contribution in [0.25, 0.3) is 0 Å². The first-order valence-corrected chi connectivity index (χ1v) is 10.5. The highest BCUT2D eigenvalue weighted by molar-refractivity contribution is 7.92. The number of halogens is 2. The summed E-state index contributed by atoms with van der Waals surface area (Å²) in [5.74, 6) is -3.56. The molecule has 0 fully saturated rings. The number of aromatic nitrogens is 1. The molecule has 0 aliphatic rings. The van der Waals surface area contributed by atoms with Gasteiger partial charge in [0.05, 0.1) is 16.1 Å². The van der Waals surface area contributed by atoms with Crippen LogP contribution in [-0.2, 0) is 15.4 Å². The predicted molar refractivity (Wildman–Crippen MR) is 110 cm³/mol. The van der Waals surface area contributed by atoms with E-state index in [9.17, 15) is 22.0 Å². The van der Waals surface area contributed by atoms with Crippen molar-refractivity contribution >= 4 is 21.5 Å². The van der Waals surface area contributed by atoms with Gasteiger partial charge in [-0.3, -0.25) is 14.5 Å². The number of carbonyl (C=O) groups excluding carboxylic acids is 1. The fraction of sp³-hybridized carbons (Fsp3) is 0.182. The van der Waals surface area contributed by atoms with E-state index in [2.05, 4.69) is 9.71 Å². The van der Waals surface area contributed by atoms with Crippen LogP contribution in [-0.4, -0.2) is 19.2 Å². The van der Waals surface area contributed by atoms with Crippen molar-refractivity contribution in [1.29, 1.82) is 0 Å². The minimum Gasteiger partial charge on any atom is -0.288 e. The molecule has 0 unspecified atom stereocenters. The fourth-order valence-corrected chi connectivity index (χ4v) is 3.91. The Morgan fingerprint density at radius 1 is 0.933 bits per heavy atom. The van der Waals surface area contributed by atoms with Crippen molar-refractivity contribution in [2.24, 2.45) is 0 Å². The predicted octanol–water partition coefficient (Wildman–Crippen LogP) is 4.69. The van der Waals surface area contributed by atoms with Gasteiger partial charge < -0.3 is 0 Å². The van der Waals surface area contributed by atoms with E-state index < -0.39 is 33.0 Å². The van der Waals surface area contributed by atoms with Crippen molar-refractivity contribution in [2.45, 2.75) is 31.1 Å². The first-order chi connectivity index (χ1) is 14.0. The Morgan fingerprint density at radius 3 is 2.10 bits per heavy atom. The number of hydrogen-bond donors (Lipinski definition) is 1. The van der Waals surface area contributed by atoms with E-state index in [1.165, 1.54) is 36.7 Å². The number of nitrogens with zero attached hydrogens (tertiary/aromatic N) is 1. The van der Waals surface area contributed by atoms with Gasteiger partial charge in [-0.1, -0.05) is 32.9 Å². The lowest BCUT2D eigenvalue weighted by atomic mass is 9.87. The van der Waals surface area contributed by atoms with Crippen molar-refractivity contribution in [3.8, 4) is 0 Å². The maximum Gasteiger partial charge on any atom is 0.261 e. The summed E-state index contributed by atoms with van der Waals surface area (Å²) in [5.41, 5.74) is -0.237. The zero-order chi connectivity index (χ0) is 22.1. The second-order valence-electron chi connectivity index (χ2n) is 7.73. The van der Waals surface area contributed by atoms with E-state index in [4.69, 9.17) is 0 Å². The van der Waals surface area contributed by atoms with E-state index >= 15 is 0 Å². The average Bonchev–Trinajstić information content (AvgIpc) is 2.70. The zero-order valence-electron chi connectivity index (χ0n) is 16.6. The molecular formula is C22H20F2N2O3S. The minimum atomic E-state index is -4.15. The Hall–Kier alpha value is -3.13. The summed E-state index contributed by atoms with van der Waals surface area (Å²) in [5, 5.41) is 0. The number of benzene rings is 2. The van der Waals surface area contributed by atoms with Crippen molar-refractivity contribution in [2.75, 3.05) is 4.72 Å². The van der Waals surface area contributed by atoms with Crippen LogP contribution in [0.3, 0.4) is 0 Å². The number of ketones is 1. The van der Waals surface area contributed by atoms with Crippen molar-refractivity contribution in [1.82, 2.24) is 4.98 Å². The number of pyridine rings is 1. The molecule has 0 aliphatic heterocycles. The van der Waals surface area contributed by atoms with Crippen molar-refractivity contribution in [3.05, 3.63) is 89.2 Å². The normalized spacial score (nSPS) is 11.9. The van der Waals surface area contributed by atoms with E-state index in [-0.39, 0.29) is 21.6 Å². The van der Waals surface area contributed by atoms with Gasteiger partial charge in [0.1, 0.15) is 0 Å². The van der Waals surface area contributed by atoms with Gasteiger partial charge in [0.2, 0.25) is 0 Å². The van der Waals surface area contributed by atoms with Crippen LogP contribution in [0.15, 0.2) is 65.8 Å². The molecule has 156 valence electrons. The molecule has 1 aromatic heterocycles. The smallest absolute Gasteiger partial charge is 0.261 e. The second-order valence-corrected chi connectivity index (χ2v) is 9.41. The standard InChI is InChI=1S/C22H20F2N2O3S/c1-22(2,3)15-4-6-16(7-5-15)30(28,29)26-18-9-8-17(23)20(24)19(18)21(27)14-10-12-25-13-11-14/h4-13,26H,1-3H3. The summed E-state index contributed by atoms with van der Waals surface area (Å²) >= 11 is 0. The Bertz CT molecular complexity index is 1190. The fourth-order valence-electron chi connectivity index (χ4n) is 2.84. The van der Waals surface area contributed by atoms with Gasteiger partial charge in [0.15, 0.2) is 17.4 Å². The van der Waals surface area contributed by atoms with Crippen LogP contribution in [0.2, 0.25) is 0 Å². The summed E-state index contributed by atoms with van der Waals surface area (Å²) in [7, 11) is -4.15. The van der Waals surface area contributed by atoms with Crippen molar-refractivity contribution in [3.63, 3.8) is 0 Å². The van der Waals surface area contributed by atoms with Crippen LogP contribution in [0, 0.1) is 11.6 Å². The van der Waals surface area contributed by atoms with Crippen LogP contribution >= 0.6 is 0 Å². The van der Waals surface area contributed by atoms with Gasteiger partial charge in [0, 0.05) is 18.0 Å². The molecule has 0 aliphatic carbocycles. The molecule has 0 atom stereocenters. The van der Waals surface area contributed by atoms with Gasteiger partial charge in [-0.05, 0) is 47.4 Å². The third-order valence-electron chi connectivity index (χ3n) is 4.54. The molecule has 0 saturated carbocycles. The molecule has 2 aromatic carbocycles. The highest BCUT2D eigenvalue weighted by atomic mass is 32.2. The zero-order valence-corrected chi connectivity index (χ0v) is 17.4. The van der Waals surface area contributed by atoms with Crippen LogP contribution < -0.4 is 4.72 Å². The molecule has 5 nitrogen and oxygen atoms in total. The first-order valence-electron chi connectivity index (χ1n) is 9.07. The summed E-state index contributed by atoms with van der Waals surface area (Å²) in [4.78, 5) is 16.5. The minimum absolute atomic E-state index is 0.0458. The summed E-state index contributed by atoms with van der Waals surface area (Å²) in [6.45, 7) is 5.98. The van der Waals surface area contributed by atoms with Crippen LogP contribution in [0.5, 0.6) is 0 Å². The number of nitrogens with one attached hydrogen (secondary N) is 1. The quantitative estimate of drug-likeness (QED) is 0.596.